The molecular weight excluding hydrogens is 494 g/mol. The summed E-state index contributed by atoms with van der Waals surface area (Å²) in [6.07, 6.45) is 30.9. The maximum absolute atomic E-state index is 12.4. The van der Waals surface area contributed by atoms with Crippen molar-refractivity contribution in [1.82, 2.24) is 15.5 Å². The molecule has 0 unspecified atom stereocenters. The Bertz CT molecular complexity index is 499. The van der Waals surface area contributed by atoms with Gasteiger partial charge in [0, 0.05) is 39.0 Å². The van der Waals surface area contributed by atoms with Crippen LogP contribution in [-0.4, -0.2) is 49.4 Å². The van der Waals surface area contributed by atoms with Gasteiger partial charge in [0.1, 0.15) is 0 Å². The molecule has 0 fully saturated rings. The fourth-order valence-corrected chi connectivity index (χ4v) is 5.30. The summed E-state index contributed by atoms with van der Waals surface area (Å²) < 4.78 is 0. The molecule has 0 saturated heterocycles. The van der Waals surface area contributed by atoms with Crippen LogP contribution in [0.4, 0.5) is 0 Å². The summed E-state index contributed by atoms with van der Waals surface area (Å²) in [7, 11) is 0. The van der Waals surface area contributed by atoms with Gasteiger partial charge in [0.05, 0.1) is 0 Å². The zero-order valence-corrected chi connectivity index (χ0v) is 27.5. The molecule has 0 atom stereocenters. The summed E-state index contributed by atoms with van der Waals surface area (Å²) in [6.45, 7) is 10.8. The van der Waals surface area contributed by atoms with E-state index in [1.54, 1.807) is 0 Å². The lowest BCUT2D eigenvalue weighted by Crippen LogP contribution is -2.35. The molecule has 0 aliphatic carbocycles. The largest absolute Gasteiger partial charge is 0.356 e. The van der Waals surface area contributed by atoms with E-state index in [1.165, 1.54) is 128 Å². The molecule has 2 amide bonds. The van der Waals surface area contributed by atoms with Crippen LogP contribution in [0.1, 0.15) is 181 Å². The third-order valence-corrected chi connectivity index (χ3v) is 8.09. The van der Waals surface area contributed by atoms with Crippen molar-refractivity contribution in [1.29, 1.82) is 0 Å². The van der Waals surface area contributed by atoms with Crippen molar-refractivity contribution in [3.8, 4) is 0 Å². The molecule has 0 aromatic carbocycles. The molecule has 0 saturated carbocycles. The number of carbonyl (C=O) groups is 2. The van der Waals surface area contributed by atoms with Crippen molar-refractivity contribution in [3.05, 3.63) is 0 Å². The molecule has 0 aliphatic heterocycles. The number of nitrogens with one attached hydrogen (secondary N) is 2. The van der Waals surface area contributed by atoms with Crippen molar-refractivity contribution < 1.29 is 9.59 Å². The first kappa shape index (κ1) is 38.9. The maximum Gasteiger partial charge on any atom is 0.221 e. The second kappa shape index (κ2) is 32.4. The maximum atomic E-state index is 12.4. The average Bonchev–Trinajstić information content (AvgIpc) is 2.95. The van der Waals surface area contributed by atoms with Gasteiger partial charge in [0.25, 0.3) is 0 Å². The van der Waals surface area contributed by atoms with Crippen LogP contribution >= 0.6 is 0 Å². The molecule has 0 spiro atoms. The topological polar surface area (TPSA) is 61.4 Å². The Labute approximate surface area is 250 Å². The monoisotopic (exact) mass is 566 g/mol. The number of hydrogen-bond donors (Lipinski definition) is 2. The Balaban J connectivity index is 3.85. The Morgan fingerprint density at radius 3 is 1.05 bits per heavy atom. The van der Waals surface area contributed by atoms with Crippen LogP contribution in [0.5, 0.6) is 0 Å². The first-order valence-electron chi connectivity index (χ1n) is 17.9. The fourth-order valence-electron chi connectivity index (χ4n) is 5.30. The van der Waals surface area contributed by atoms with Gasteiger partial charge in [-0.05, 0) is 25.8 Å². The Morgan fingerprint density at radius 1 is 0.400 bits per heavy atom. The molecule has 5 nitrogen and oxygen atoms in total. The van der Waals surface area contributed by atoms with Crippen LogP contribution in [0.25, 0.3) is 0 Å². The fraction of sp³-hybridized carbons (Fsp3) is 0.943. The van der Waals surface area contributed by atoms with Crippen molar-refractivity contribution in [2.24, 2.45) is 0 Å². The van der Waals surface area contributed by atoms with E-state index >= 15 is 0 Å². The first-order valence-corrected chi connectivity index (χ1v) is 17.9. The van der Waals surface area contributed by atoms with Gasteiger partial charge in [-0.3, -0.25) is 9.59 Å². The molecule has 0 aliphatic rings. The van der Waals surface area contributed by atoms with E-state index in [0.29, 0.717) is 12.8 Å². The molecule has 40 heavy (non-hydrogen) atoms. The lowest BCUT2D eigenvalue weighted by atomic mass is 10.1. The Morgan fingerprint density at radius 2 is 0.700 bits per heavy atom. The van der Waals surface area contributed by atoms with Gasteiger partial charge in [-0.25, -0.2) is 0 Å². The molecule has 0 aromatic rings. The van der Waals surface area contributed by atoms with Crippen molar-refractivity contribution >= 4 is 11.8 Å². The SMILES string of the molecule is CCCCCCCCCCCCNC(=O)CCN(CCCCC)CCC(=O)NCCCCCCCCCCCC. The second-order valence-corrected chi connectivity index (χ2v) is 12.1. The highest BCUT2D eigenvalue weighted by Gasteiger charge is 2.10. The van der Waals surface area contributed by atoms with Crippen LogP contribution in [0.3, 0.4) is 0 Å². The zero-order valence-electron chi connectivity index (χ0n) is 27.5. The van der Waals surface area contributed by atoms with E-state index in [2.05, 4.69) is 36.3 Å². The number of hydrogen-bond acceptors (Lipinski definition) is 3. The minimum Gasteiger partial charge on any atom is -0.356 e. The van der Waals surface area contributed by atoms with Crippen LogP contribution in [-0.2, 0) is 9.59 Å². The lowest BCUT2D eigenvalue weighted by molar-refractivity contribution is -0.121. The van der Waals surface area contributed by atoms with Gasteiger partial charge in [-0.15, -0.1) is 0 Å². The summed E-state index contributed by atoms with van der Waals surface area (Å²) in [6, 6.07) is 0. The van der Waals surface area contributed by atoms with Crippen molar-refractivity contribution in [3.63, 3.8) is 0 Å². The van der Waals surface area contributed by atoms with Crippen LogP contribution in [0, 0.1) is 0 Å². The number of unbranched alkanes of at least 4 members (excludes halogenated alkanes) is 20. The summed E-state index contributed by atoms with van der Waals surface area (Å²) in [4.78, 5) is 27.1. The summed E-state index contributed by atoms with van der Waals surface area (Å²) in [5.41, 5.74) is 0. The van der Waals surface area contributed by atoms with Gasteiger partial charge in [0.2, 0.25) is 11.8 Å². The van der Waals surface area contributed by atoms with Gasteiger partial charge in [0.15, 0.2) is 0 Å². The Hall–Kier alpha value is -1.10. The smallest absolute Gasteiger partial charge is 0.221 e. The molecule has 0 aromatic heterocycles. The third kappa shape index (κ3) is 29.9. The lowest BCUT2D eigenvalue weighted by Gasteiger charge is -2.22. The molecule has 2 N–H and O–H groups in total. The van der Waals surface area contributed by atoms with E-state index in [9.17, 15) is 9.59 Å². The average molecular weight is 566 g/mol. The van der Waals surface area contributed by atoms with E-state index in [0.717, 1.165) is 52.0 Å². The van der Waals surface area contributed by atoms with E-state index in [1.807, 2.05) is 0 Å². The molecule has 0 heterocycles. The van der Waals surface area contributed by atoms with Gasteiger partial charge in [-0.2, -0.15) is 0 Å². The molecule has 5 heteroatoms. The minimum atomic E-state index is 0.154. The van der Waals surface area contributed by atoms with Crippen molar-refractivity contribution in [2.45, 2.75) is 181 Å². The Kier molecular flexibility index (Phi) is 31.5. The highest BCUT2D eigenvalue weighted by Crippen LogP contribution is 2.11. The van der Waals surface area contributed by atoms with Gasteiger partial charge in [-0.1, -0.05) is 149 Å². The quantitative estimate of drug-likeness (QED) is 0.0799. The second-order valence-electron chi connectivity index (χ2n) is 12.1. The minimum absolute atomic E-state index is 0.154. The molecule has 0 rings (SSSR count). The number of nitrogens with zero attached hydrogens (tertiary/aromatic N) is 1. The van der Waals surface area contributed by atoms with E-state index in [4.69, 9.17) is 0 Å². The highest BCUT2D eigenvalue weighted by molar-refractivity contribution is 5.76. The van der Waals surface area contributed by atoms with Gasteiger partial charge < -0.3 is 15.5 Å². The first-order chi connectivity index (χ1) is 19.6. The highest BCUT2D eigenvalue weighted by atomic mass is 16.2. The third-order valence-electron chi connectivity index (χ3n) is 8.09. The predicted octanol–water partition coefficient (Wildman–Crippen LogP) is 9.33. The summed E-state index contributed by atoms with van der Waals surface area (Å²) in [5, 5.41) is 6.23. The number of rotatable bonds is 32. The van der Waals surface area contributed by atoms with E-state index < -0.39 is 0 Å². The summed E-state index contributed by atoms with van der Waals surface area (Å²) in [5.74, 6) is 0.309. The standard InChI is InChI=1S/C35H71N3O2/c1-4-7-10-12-14-16-18-20-22-24-29-36-34(39)27-32-38(31-26-9-6-3)33-28-35(40)37-30-25-23-21-19-17-15-13-11-8-5-2/h4-33H2,1-3H3,(H,36,39)(H,37,40). The molecule has 0 radical (unpaired) electrons. The van der Waals surface area contributed by atoms with Gasteiger partial charge >= 0.3 is 0 Å². The van der Waals surface area contributed by atoms with E-state index in [-0.39, 0.29) is 11.8 Å². The normalized spacial score (nSPS) is 11.3. The van der Waals surface area contributed by atoms with Crippen LogP contribution in [0.15, 0.2) is 0 Å². The zero-order chi connectivity index (χ0) is 29.4. The molecule has 238 valence electrons. The predicted molar refractivity (Wildman–Crippen MR) is 175 cm³/mol. The van der Waals surface area contributed by atoms with Crippen LogP contribution in [0.2, 0.25) is 0 Å². The van der Waals surface area contributed by atoms with Crippen molar-refractivity contribution in [2.75, 3.05) is 32.7 Å². The number of carbonyl (C=O) groups excluding carboxylic acids is 2. The number of amides is 2. The summed E-state index contributed by atoms with van der Waals surface area (Å²) >= 11 is 0. The molecular formula is C35H71N3O2. The molecule has 0 bridgehead atoms. The van der Waals surface area contributed by atoms with Crippen LogP contribution < -0.4 is 10.6 Å².